The molecule has 0 aliphatic heterocycles. The molecule has 0 saturated carbocycles. The van der Waals surface area contributed by atoms with Gasteiger partial charge in [0, 0.05) is 30.2 Å². The van der Waals surface area contributed by atoms with Gasteiger partial charge in [-0.25, -0.2) is 0 Å². The van der Waals surface area contributed by atoms with Crippen molar-refractivity contribution >= 4 is 28.1 Å². The van der Waals surface area contributed by atoms with Gasteiger partial charge in [0.05, 0.1) is 11.1 Å². The summed E-state index contributed by atoms with van der Waals surface area (Å²) in [5.74, 6) is -0.239. The number of amides is 1. The van der Waals surface area contributed by atoms with E-state index >= 15 is 0 Å². The Morgan fingerprint density at radius 2 is 2.16 bits per heavy atom. The number of aromatic nitrogens is 2. The van der Waals surface area contributed by atoms with E-state index in [1.807, 2.05) is 47.5 Å². The number of fused-ring (bicyclic) bond motifs is 1. The lowest BCUT2D eigenvalue weighted by Crippen LogP contribution is -2.12. The van der Waals surface area contributed by atoms with Gasteiger partial charge in [-0.05, 0) is 12.1 Å². The first kappa shape index (κ1) is 11.8. The van der Waals surface area contributed by atoms with E-state index in [0.29, 0.717) is 10.4 Å². The fraction of sp³-hybridized carbons (Fsp3) is 0.0714. The zero-order valence-corrected chi connectivity index (χ0v) is 11.1. The maximum atomic E-state index is 12.3. The molecular formula is C14H11N3OS. The number of aryl methyl sites for hydroxylation is 1. The molecule has 0 aliphatic carbocycles. The van der Waals surface area contributed by atoms with Crippen molar-refractivity contribution in [1.29, 1.82) is 0 Å². The molecule has 1 aromatic carbocycles. The highest BCUT2D eigenvalue weighted by Gasteiger charge is 2.09. The number of para-hydroxylation sites is 1. The van der Waals surface area contributed by atoms with E-state index in [4.69, 9.17) is 0 Å². The average molecular weight is 269 g/mol. The second-order valence-corrected chi connectivity index (χ2v) is 4.96. The van der Waals surface area contributed by atoms with Crippen LogP contribution in [-0.4, -0.2) is 15.5 Å². The van der Waals surface area contributed by atoms with Gasteiger partial charge < -0.3 is 4.57 Å². The van der Waals surface area contributed by atoms with Crippen LogP contribution in [0.4, 0.5) is 0 Å². The summed E-state index contributed by atoms with van der Waals surface area (Å²) in [6.07, 6.45) is 3.51. The normalized spacial score (nSPS) is 11.9. The number of carbonyl (C=O) groups excluding carboxylic acids is 1. The summed E-state index contributed by atoms with van der Waals surface area (Å²) in [6.45, 7) is 0. The summed E-state index contributed by atoms with van der Waals surface area (Å²) in [7, 11) is 1.87. The third-order valence-corrected chi connectivity index (χ3v) is 3.68. The van der Waals surface area contributed by atoms with Crippen molar-refractivity contribution in [2.24, 2.45) is 12.0 Å². The first-order valence-corrected chi connectivity index (χ1v) is 6.66. The molecule has 5 heteroatoms. The number of hydrogen-bond acceptors (Lipinski definition) is 3. The predicted octanol–water partition coefficient (Wildman–Crippen LogP) is 2.38. The Bertz CT molecular complexity index is 811. The molecule has 3 rings (SSSR count). The molecule has 0 spiro atoms. The van der Waals surface area contributed by atoms with E-state index < -0.39 is 0 Å². The van der Waals surface area contributed by atoms with Crippen LogP contribution in [0.5, 0.6) is 0 Å². The SMILES string of the molecule is Cn1ccsc1=NC(=O)c1ccnc2ccccc12. The molecule has 0 aliphatic rings. The first-order valence-electron chi connectivity index (χ1n) is 5.78. The van der Waals surface area contributed by atoms with Gasteiger partial charge in [-0.15, -0.1) is 11.3 Å². The van der Waals surface area contributed by atoms with Gasteiger partial charge in [-0.2, -0.15) is 4.99 Å². The lowest BCUT2D eigenvalue weighted by molar-refractivity contribution is 0.0999. The van der Waals surface area contributed by atoms with Crippen LogP contribution in [0.25, 0.3) is 10.9 Å². The highest BCUT2D eigenvalue weighted by Crippen LogP contribution is 2.16. The van der Waals surface area contributed by atoms with Gasteiger partial charge in [-0.3, -0.25) is 9.78 Å². The molecule has 94 valence electrons. The minimum atomic E-state index is -0.239. The van der Waals surface area contributed by atoms with Gasteiger partial charge in [0.2, 0.25) is 0 Å². The summed E-state index contributed by atoms with van der Waals surface area (Å²) in [5, 5.41) is 2.73. The topological polar surface area (TPSA) is 47.2 Å². The molecule has 3 aromatic rings. The van der Waals surface area contributed by atoms with Crippen molar-refractivity contribution in [3.05, 3.63) is 58.5 Å². The molecule has 4 nitrogen and oxygen atoms in total. The molecule has 2 aromatic heterocycles. The minimum absolute atomic E-state index is 0.239. The van der Waals surface area contributed by atoms with Crippen LogP contribution in [0.3, 0.4) is 0 Å². The second-order valence-electron chi connectivity index (χ2n) is 4.09. The zero-order valence-electron chi connectivity index (χ0n) is 10.3. The highest BCUT2D eigenvalue weighted by molar-refractivity contribution is 7.07. The van der Waals surface area contributed by atoms with Crippen molar-refractivity contribution in [2.45, 2.75) is 0 Å². The average Bonchev–Trinajstić information content (AvgIpc) is 2.83. The number of carbonyl (C=O) groups is 1. The Hall–Kier alpha value is -2.27. The van der Waals surface area contributed by atoms with E-state index in [0.717, 1.165) is 10.9 Å². The molecule has 2 heterocycles. The van der Waals surface area contributed by atoms with Gasteiger partial charge in [0.15, 0.2) is 4.80 Å². The van der Waals surface area contributed by atoms with Crippen LogP contribution >= 0.6 is 11.3 Å². The van der Waals surface area contributed by atoms with Crippen LogP contribution < -0.4 is 4.80 Å². The Morgan fingerprint density at radius 1 is 1.32 bits per heavy atom. The van der Waals surface area contributed by atoms with Crippen molar-refractivity contribution in [3.8, 4) is 0 Å². The summed E-state index contributed by atoms with van der Waals surface area (Å²) < 4.78 is 1.83. The van der Waals surface area contributed by atoms with Crippen molar-refractivity contribution in [1.82, 2.24) is 9.55 Å². The molecule has 0 saturated heterocycles. The lowest BCUT2D eigenvalue weighted by atomic mass is 10.1. The van der Waals surface area contributed by atoms with Gasteiger partial charge in [0.1, 0.15) is 0 Å². The van der Waals surface area contributed by atoms with Crippen LogP contribution in [0.2, 0.25) is 0 Å². The van der Waals surface area contributed by atoms with Crippen molar-refractivity contribution in [2.75, 3.05) is 0 Å². The van der Waals surface area contributed by atoms with Crippen molar-refractivity contribution in [3.63, 3.8) is 0 Å². The molecule has 0 N–H and O–H groups in total. The third-order valence-electron chi connectivity index (χ3n) is 2.84. The Morgan fingerprint density at radius 3 is 2.95 bits per heavy atom. The Balaban J connectivity index is 2.16. The van der Waals surface area contributed by atoms with E-state index in [1.54, 1.807) is 12.3 Å². The van der Waals surface area contributed by atoms with Crippen LogP contribution in [-0.2, 0) is 7.05 Å². The number of nitrogens with zero attached hydrogens (tertiary/aromatic N) is 3. The monoisotopic (exact) mass is 269 g/mol. The maximum Gasteiger partial charge on any atom is 0.280 e. The number of benzene rings is 1. The standard InChI is InChI=1S/C14H11N3OS/c1-17-8-9-19-14(17)16-13(18)11-6-7-15-12-5-3-2-4-10(11)12/h2-9H,1H3. The van der Waals surface area contributed by atoms with E-state index in [9.17, 15) is 4.79 Å². The molecule has 0 fully saturated rings. The number of rotatable bonds is 1. The number of pyridine rings is 1. The van der Waals surface area contributed by atoms with Crippen LogP contribution in [0.15, 0.2) is 53.1 Å². The van der Waals surface area contributed by atoms with Crippen LogP contribution in [0.1, 0.15) is 10.4 Å². The molecule has 0 radical (unpaired) electrons. The Kier molecular flexibility index (Phi) is 2.97. The summed E-state index contributed by atoms with van der Waals surface area (Å²) in [4.78, 5) is 21.4. The fourth-order valence-electron chi connectivity index (χ4n) is 1.86. The van der Waals surface area contributed by atoms with E-state index in [2.05, 4.69) is 9.98 Å². The zero-order chi connectivity index (χ0) is 13.2. The molecule has 0 atom stereocenters. The fourth-order valence-corrected chi connectivity index (χ4v) is 2.59. The summed E-state index contributed by atoms with van der Waals surface area (Å²) >= 11 is 1.44. The third kappa shape index (κ3) is 2.20. The quantitative estimate of drug-likeness (QED) is 0.681. The van der Waals surface area contributed by atoms with Gasteiger partial charge in [-0.1, -0.05) is 18.2 Å². The first-order chi connectivity index (χ1) is 9.25. The maximum absolute atomic E-state index is 12.3. The lowest BCUT2D eigenvalue weighted by Gasteiger charge is -2.01. The van der Waals surface area contributed by atoms with Gasteiger partial charge in [0.25, 0.3) is 5.91 Å². The molecule has 19 heavy (non-hydrogen) atoms. The summed E-state index contributed by atoms with van der Waals surface area (Å²) in [6, 6.07) is 9.28. The Labute approximate surface area is 113 Å². The van der Waals surface area contributed by atoms with Crippen LogP contribution in [0, 0.1) is 0 Å². The van der Waals surface area contributed by atoms with E-state index in [-0.39, 0.29) is 5.91 Å². The summed E-state index contributed by atoms with van der Waals surface area (Å²) in [5.41, 5.74) is 1.39. The predicted molar refractivity (Wildman–Crippen MR) is 74.9 cm³/mol. The molecule has 0 bridgehead atoms. The van der Waals surface area contributed by atoms with Crippen molar-refractivity contribution < 1.29 is 4.79 Å². The molecule has 1 amide bonds. The van der Waals surface area contributed by atoms with E-state index in [1.165, 1.54) is 11.3 Å². The minimum Gasteiger partial charge on any atom is -0.327 e. The smallest absolute Gasteiger partial charge is 0.280 e. The largest absolute Gasteiger partial charge is 0.327 e. The second kappa shape index (κ2) is 4.78. The highest BCUT2D eigenvalue weighted by atomic mass is 32.1. The molecule has 0 unspecified atom stereocenters. The van der Waals surface area contributed by atoms with Gasteiger partial charge >= 0.3 is 0 Å². The number of thiazole rings is 1. The number of hydrogen-bond donors (Lipinski definition) is 0. The molecular weight excluding hydrogens is 258 g/mol.